The third kappa shape index (κ3) is 5.58. The van der Waals surface area contributed by atoms with Crippen LogP contribution in [-0.4, -0.2) is 82.9 Å². The van der Waals surface area contributed by atoms with Gasteiger partial charge in [0.2, 0.25) is 0 Å². The van der Waals surface area contributed by atoms with E-state index in [1.165, 1.54) is 12.9 Å². The van der Waals surface area contributed by atoms with Crippen molar-refractivity contribution in [3.63, 3.8) is 0 Å². The molecule has 1 aromatic rings. The number of halogens is 2. The minimum Gasteiger partial charge on any atom is -1.00 e. The van der Waals surface area contributed by atoms with Crippen LogP contribution in [0.2, 0.25) is 0 Å². The Kier molecular flexibility index (Phi) is 11.7. The van der Waals surface area contributed by atoms with Gasteiger partial charge in [0, 0.05) is 0 Å². The van der Waals surface area contributed by atoms with Gasteiger partial charge in [0.1, 0.15) is 0 Å². The average molecular weight is 584 g/mol. The molecule has 33 heavy (non-hydrogen) atoms. The van der Waals surface area contributed by atoms with E-state index in [0.717, 1.165) is 26.2 Å². The average Bonchev–Trinajstić information content (AvgIpc) is 3.36. The van der Waals surface area contributed by atoms with E-state index in [2.05, 4.69) is 116 Å². The molecule has 2 saturated heterocycles. The van der Waals surface area contributed by atoms with Crippen molar-refractivity contribution < 1.29 is 38.2 Å². The van der Waals surface area contributed by atoms with Gasteiger partial charge < -0.3 is 24.8 Å². The molecule has 0 saturated carbocycles. The van der Waals surface area contributed by atoms with Gasteiger partial charge in [-0.15, -0.1) is 0 Å². The van der Waals surface area contributed by atoms with Crippen LogP contribution >= 0.6 is 0 Å². The van der Waals surface area contributed by atoms with Gasteiger partial charge in [-0.3, -0.25) is 0 Å². The molecular weight excluding hydrogens is 540 g/mol. The third-order valence-electron chi connectivity index (χ3n) is 6.27. The van der Waals surface area contributed by atoms with Crippen molar-refractivity contribution in [2.45, 2.75) is 79.6 Å². The van der Waals surface area contributed by atoms with Gasteiger partial charge in [0.05, 0.1) is 0 Å². The molecule has 1 aromatic carbocycles. The first-order valence-corrected chi connectivity index (χ1v) is 15.3. The second kappa shape index (κ2) is 12.6. The fraction of sp³-hybridized carbons (Fsp3) is 0.615. The second-order valence-corrected chi connectivity index (χ2v) is 15.4. The summed E-state index contributed by atoms with van der Waals surface area (Å²) >= 11 is -3.08. The van der Waals surface area contributed by atoms with E-state index < -0.39 is 13.4 Å². The van der Waals surface area contributed by atoms with Crippen LogP contribution in [0, 0.1) is 0 Å². The minimum atomic E-state index is -3.08. The summed E-state index contributed by atoms with van der Waals surface area (Å²) in [5.41, 5.74) is 0. The van der Waals surface area contributed by atoms with Crippen LogP contribution in [0.25, 0.3) is 0 Å². The normalized spacial score (nSPS) is 19.0. The zero-order valence-electron chi connectivity index (χ0n) is 21.6. The molecule has 0 radical (unpaired) electrons. The molecule has 4 nitrogen and oxygen atoms in total. The Balaban J connectivity index is 0.00000272. The third-order valence-corrected chi connectivity index (χ3v) is 13.6. The molecule has 0 atom stereocenters. The van der Waals surface area contributed by atoms with Crippen molar-refractivity contribution in [3.05, 3.63) is 36.9 Å². The van der Waals surface area contributed by atoms with Crippen molar-refractivity contribution in [3.8, 4) is 0 Å². The van der Waals surface area contributed by atoms with Gasteiger partial charge in [-0.2, -0.15) is 0 Å². The molecule has 2 heterocycles. The van der Waals surface area contributed by atoms with E-state index in [-0.39, 0.29) is 24.8 Å². The molecule has 7 heteroatoms. The van der Waals surface area contributed by atoms with Gasteiger partial charge in [-0.05, 0) is 0 Å². The molecule has 0 aromatic heterocycles. The first-order chi connectivity index (χ1) is 14.7. The standard InChI is InChI=1S/2C9H18N2.C6H5.C2H2.2ClH.Ru/c2*1-8(2)10-5-6-11(7-10)9(3)4;1-2-4-6-5-3-1;1-2;;;/h2*8-9H,5-6H2,1-4H3;1-5H;1H2;2*1H;/q;;;;;;+2/p-2. The van der Waals surface area contributed by atoms with E-state index in [1.54, 1.807) is 0 Å². The smallest absolute Gasteiger partial charge is 1.00 e. The molecule has 189 valence electrons. The Morgan fingerprint density at radius 3 is 1.18 bits per heavy atom. The summed E-state index contributed by atoms with van der Waals surface area (Å²) in [6, 6.07) is 13.0. The van der Waals surface area contributed by atoms with Crippen molar-refractivity contribution in [2.75, 3.05) is 26.2 Å². The van der Waals surface area contributed by atoms with E-state index in [0.29, 0.717) is 24.2 Å². The molecular formula is C26H43Cl2N4Ru. The van der Waals surface area contributed by atoms with Crippen molar-refractivity contribution in [1.82, 2.24) is 19.6 Å². The fourth-order valence-corrected chi connectivity index (χ4v) is 13.5. The van der Waals surface area contributed by atoms with Crippen LogP contribution in [0.3, 0.4) is 0 Å². The van der Waals surface area contributed by atoms with Gasteiger partial charge >= 0.3 is 193 Å². The van der Waals surface area contributed by atoms with E-state index in [1.807, 2.05) is 0 Å². The summed E-state index contributed by atoms with van der Waals surface area (Å²) in [5, 5.41) is 0. The molecule has 0 aliphatic carbocycles. The van der Waals surface area contributed by atoms with E-state index in [9.17, 15) is 0 Å². The quantitative estimate of drug-likeness (QED) is 0.346. The minimum absolute atomic E-state index is 0. The molecule has 0 spiro atoms. The molecule has 2 aliphatic rings. The molecule has 0 bridgehead atoms. The zero-order valence-corrected chi connectivity index (χ0v) is 24.9. The Morgan fingerprint density at radius 1 is 0.636 bits per heavy atom. The first kappa shape index (κ1) is 30.7. The topological polar surface area (TPSA) is 13.0 Å². The number of rotatable bonds is 5. The largest absolute Gasteiger partial charge is 1.00 e. The summed E-state index contributed by atoms with van der Waals surface area (Å²) in [6.45, 7) is 27.5. The molecule has 0 unspecified atom stereocenters. The van der Waals surface area contributed by atoms with Crippen LogP contribution in [0.15, 0.2) is 36.9 Å². The number of hydrogen-bond donors (Lipinski definition) is 0. The van der Waals surface area contributed by atoms with Gasteiger partial charge in [0.15, 0.2) is 0 Å². The Bertz CT molecular complexity index is 918. The molecule has 2 fully saturated rings. The summed E-state index contributed by atoms with van der Waals surface area (Å²) in [4.78, 5) is 10.7. The van der Waals surface area contributed by atoms with Gasteiger partial charge in [-0.1, -0.05) is 0 Å². The monoisotopic (exact) mass is 583 g/mol. The van der Waals surface area contributed by atoms with Crippen LogP contribution in [0.4, 0.5) is 0 Å². The van der Waals surface area contributed by atoms with Crippen molar-refractivity contribution in [2.24, 2.45) is 0 Å². The maximum Gasteiger partial charge on any atom is -1.00 e. The Morgan fingerprint density at radius 2 is 0.939 bits per heavy atom. The molecule has 0 amide bonds. The van der Waals surface area contributed by atoms with Gasteiger partial charge in [0.25, 0.3) is 0 Å². The predicted octanol–water partition coefficient (Wildman–Crippen LogP) is -2.90. The summed E-state index contributed by atoms with van der Waals surface area (Å²) in [6.07, 6.45) is 0. The van der Waals surface area contributed by atoms with Crippen LogP contribution in [0.5, 0.6) is 0 Å². The maximum absolute atomic E-state index is 4.48. The second-order valence-electron chi connectivity index (χ2n) is 9.60. The molecule has 0 N–H and O–H groups in total. The predicted molar refractivity (Wildman–Crippen MR) is 134 cm³/mol. The van der Waals surface area contributed by atoms with Crippen LogP contribution < -0.4 is 29.0 Å². The molecule has 3 rings (SSSR count). The maximum atomic E-state index is 4.48. The number of nitrogens with zero attached hydrogens (tertiary/aromatic N) is 4. The fourth-order valence-electron chi connectivity index (χ4n) is 4.61. The van der Waals surface area contributed by atoms with Crippen molar-refractivity contribution in [1.29, 1.82) is 0 Å². The molecule has 2 aliphatic heterocycles. The Labute approximate surface area is 216 Å². The van der Waals surface area contributed by atoms with Crippen molar-refractivity contribution >= 4 is 17.1 Å². The SMILES string of the molecule is C=[C]=[Ru+2](=[C]1N(C(C)C)CCN1C(C)C)(=[C]1N(C(C)C)CCN1C(C)C)[c]1ccccc1.[Cl-].[Cl-]. The number of benzene rings is 1. The van der Waals surface area contributed by atoms with E-state index >= 15 is 0 Å². The summed E-state index contributed by atoms with van der Waals surface area (Å²) in [7, 11) is 0. The van der Waals surface area contributed by atoms with Gasteiger partial charge in [-0.25, -0.2) is 0 Å². The number of hydrogen-bond acceptors (Lipinski definition) is 4. The van der Waals surface area contributed by atoms with Crippen LogP contribution in [-0.2, 0) is 13.4 Å². The van der Waals surface area contributed by atoms with E-state index in [4.69, 9.17) is 0 Å². The summed E-state index contributed by atoms with van der Waals surface area (Å²) < 4.78 is 8.28. The first-order valence-electron chi connectivity index (χ1n) is 11.8. The zero-order chi connectivity index (χ0) is 22.9. The van der Waals surface area contributed by atoms with Crippen LogP contribution in [0.1, 0.15) is 55.4 Å². The summed E-state index contributed by atoms with van der Waals surface area (Å²) in [5.74, 6) is 0. The Hall–Kier alpha value is -0.347.